The number of nitrogens with zero attached hydrogens (tertiary/aromatic N) is 1. The monoisotopic (exact) mass is 437 g/mol. The summed E-state index contributed by atoms with van der Waals surface area (Å²) in [7, 11) is 0. The van der Waals surface area contributed by atoms with Gasteiger partial charge in [0.05, 0.1) is 6.04 Å². The number of ketones is 1. The Morgan fingerprint density at radius 3 is 2.48 bits per heavy atom. The molecule has 1 unspecified atom stereocenters. The predicted octanol–water partition coefficient (Wildman–Crippen LogP) is 0.968. The Labute approximate surface area is 183 Å². The first-order valence-electron chi connectivity index (χ1n) is 11.0. The van der Waals surface area contributed by atoms with Crippen molar-refractivity contribution in [2.75, 3.05) is 6.54 Å². The highest BCUT2D eigenvalue weighted by Crippen LogP contribution is 2.65. The van der Waals surface area contributed by atoms with Crippen LogP contribution in [0, 0.1) is 23.2 Å². The molecule has 174 valence electrons. The standard InChI is InChI=1S/C22H35N3O6/c1-21(2,3)31-20(30)25-10-12-15(22(12,4)5)16(25)19(29)24-13(17(27)18(23)28)9-11-7-6-8-14(11)26/h11-13,15-17,27H,6-10H2,1-5H3,(H2,23,28)(H,24,29)/t11-,12-,13-,15-,16-,17?/m0/s1. The molecule has 0 aromatic carbocycles. The number of aliphatic hydroxyl groups excluding tert-OH is 1. The van der Waals surface area contributed by atoms with Crippen LogP contribution in [0.25, 0.3) is 0 Å². The molecule has 2 aliphatic carbocycles. The fourth-order valence-corrected chi connectivity index (χ4v) is 5.27. The van der Waals surface area contributed by atoms with Crippen molar-refractivity contribution in [3.63, 3.8) is 0 Å². The smallest absolute Gasteiger partial charge is 0.410 e. The highest BCUT2D eigenvalue weighted by Gasteiger charge is 2.69. The van der Waals surface area contributed by atoms with Crippen molar-refractivity contribution in [3.8, 4) is 0 Å². The molecule has 3 aliphatic rings. The van der Waals surface area contributed by atoms with E-state index in [1.807, 2.05) is 0 Å². The summed E-state index contributed by atoms with van der Waals surface area (Å²) in [6, 6.07) is -1.75. The summed E-state index contributed by atoms with van der Waals surface area (Å²) in [5, 5.41) is 13.1. The SMILES string of the molecule is CC(C)(C)OC(=O)N1C[C@H]2[C@@H]([C@H]1C(=O)N[C@@H](C[C@@H]1CCCC1=O)C(O)C(N)=O)C2(C)C. The number of likely N-dealkylation sites (tertiary alicyclic amines) is 1. The van der Waals surface area contributed by atoms with E-state index >= 15 is 0 Å². The van der Waals surface area contributed by atoms with Gasteiger partial charge in [-0.2, -0.15) is 0 Å². The maximum atomic E-state index is 13.3. The average Bonchev–Trinajstić information content (AvgIpc) is 3.00. The van der Waals surface area contributed by atoms with Crippen LogP contribution in [-0.2, 0) is 19.1 Å². The minimum absolute atomic E-state index is 0.0421. The Morgan fingerprint density at radius 1 is 1.32 bits per heavy atom. The third-order valence-corrected chi connectivity index (χ3v) is 7.07. The van der Waals surface area contributed by atoms with Gasteiger partial charge in [-0.15, -0.1) is 0 Å². The molecule has 0 bridgehead atoms. The number of piperidine rings is 1. The van der Waals surface area contributed by atoms with E-state index in [-0.39, 0.29) is 35.4 Å². The van der Waals surface area contributed by atoms with E-state index in [9.17, 15) is 24.3 Å². The molecule has 1 aliphatic heterocycles. The van der Waals surface area contributed by atoms with Crippen LogP contribution in [0.15, 0.2) is 0 Å². The van der Waals surface area contributed by atoms with Gasteiger partial charge in [0.15, 0.2) is 6.10 Å². The number of nitrogens with one attached hydrogen (secondary N) is 1. The van der Waals surface area contributed by atoms with Crippen LogP contribution >= 0.6 is 0 Å². The Bertz CT molecular complexity index is 774. The Hall–Kier alpha value is -2.16. The number of carbonyl (C=O) groups excluding carboxylic acids is 4. The zero-order valence-corrected chi connectivity index (χ0v) is 19.0. The van der Waals surface area contributed by atoms with Gasteiger partial charge in [0.1, 0.15) is 17.4 Å². The van der Waals surface area contributed by atoms with Gasteiger partial charge < -0.3 is 20.9 Å². The van der Waals surface area contributed by atoms with Gasteiger partial charge in [0.25, 0.3) is 0 Å². The van der Waals surface area contributed by atoms with Crippen molar-refractivity contribution in [2.45, 2.75) is 84.1 Å². The molecule has 3 fully saturated rings. The average molecular weight is 438 g/mol. The zero-order valence-electron chi connectivity index (χ0n) is 19.0. The second-order valence-electron chi connectivity index (χ2n) is 10.8. The molecule has 9 nitrogen and oxygen atoms in total. The van der Waals surface area contributed by atoms with Crippen LogP contribution in [0.4, 0.5) is 4.79 Å². The number of rotatable bonds is 6. The van der Waals surface area contributed by atoms with Crippen LogP contribution in [0.5, 0.6) is 0 Å². The summed E-state index contributed by atoms with van der Waals surface area (Å²) in [5.74, 6) is -1.55. The fraction of sp³-hybridized carbons (Fsp3) is 0.818. The van der Waals surface area contributed by atoms with E-state index in [4.69, 9.17) is 10.5 Å². The topological polar surface area (TPSA) is 139 Å². The van der Waals surface area contributed by atoms with Crippen molar-refractivity contribution in [3.05, 3.63) is 0 Å². The minimum Gasteiger partial charge on any atom is -0.444 e. The van der Waals surface area contributed by atoms with E-state index in [0.29, 0.717) is 19.4 Å². The molecule has 0 spiro atoms. The second-order valence-corrected chi connectivity index (χ2v) is 10.8. The van der Waals surface area contributed by atoms with E-state index in [2.05, 4.69) is 19.2 Å². The van der Waals surface area contributed by atoms with Crippen molar-refractivity contribution in [1.29, 1.82) is 0 Å². The Morgan fingerprint density at radius 2 is 1.97 bits per heavy atom. The van der Waals surface area contributed by atoms with Crippen LogP contribution in [0.2, 0.25) is 0 Å². The van der Waals surface area contributed by atoms with Crippen LogP contribution in [0.1, 0.15) is 60.3 Å². The normalized spacial score (nSPS) is 31.0. The molecular formula is C22H35N3O6. The quantitative estimate of drug-likeness (QED) is 0.566. The molecular weight excluding hydrogens is 402 g/mol. The maximum absolute atomic E-state index is 13.3. The number of nitrogens with two attached hydrogens (primary N) is 1. The number of carbonyl (C=O) groups is 4. The van der Waals surface area contributed by atoms with Gasteiger partial charge in [-0.3, -0.25) is 19.3 Å². The van der Waals surface area contributed by atoms with Crippen molar-refractivity contribution in [2.24, 2.45) is 28.9 Å². The molecule has 4 N–H and O–H groups in total. The third-order valence-electron chi connectivity index (χ3n) is 7.07. The number of hydrogen-bond donors (Lipinski definition) is 3. The summed E-state index contributed by atoms with van der Waals surface area (Å²) in [5.41, 5.74) is 4.49. The van der Waals surface area contributed by atoms with E-state index < -0.39 is 41.7 Å². The first kappa shape index (κ1) is 23.5. The molecule has 0 aromatic heterocycles. The highest BCUT2D eigenvalue weighted by atomic mass is 16.6. The second kappa shape index (κ2) is 8.07. The molecule has 2 saturated carbocycles. The van der Waals surface area contributed by atoms with Crippen molar-refractivity contribution >= 4 is 23.7 Å². The molecule has 31 heavy (non-hydrogen) atoms. The Kier molecular flexibility index (Phi) is 6.12. The number of amides is 3. The number of hydrogen-bond acceptors (Lipinski definition) is 6. The number of ether oxygens (including phenoxy) is 1. The molecule has 3 amide bonds. The van der Waals surface area contributed by atoms with Crippen molar-refractivity contribution in [1.82, 2.24) is 10.2 Å². The molecule has 1 heterocycles. The molecule has 1 saturated heterocycles. The number of fused-ring (bicyclic) bond motifs is 1. The van der Waals surface area contributed by atoms with Gasteiger partial charge in [0, 0.05) is 18.9 Å². The summed E-state index contributed by atoms with van der Waals surface area (Å²) >= 11 is 0. The summed E-state index contributed by atoms with van der Waals surface area (Å²) in [6.45, 7) is 9.81. The molecule has 9 heteroatoms. The van der Waals surface area contributed by atoms with E-state index in [1.54, 1.807) is 20.8 Å². The lowest BCUT2D eigenvalue weighted by atomic mass is 9.93. The largest absolute Gasteiger partial charge is 0.444 e. The van der Waals surface area contributed by atoms with Gasteiger partial charge in [-0.25, -0.2) is 4.79 Å². The van der Waals surface area contributed by atoms with Gasteiger partial charge in [0.2, 0.25) is 11.8 Å². The van der Waals surface area contributed by atoms with Gasteiger partial charge >= 0.3 is 6.09 Å². The predicted molar refractivity (Wildman–Crippen MR) is 112 cm³/mol. The summed E-state index contributed by atoms with van der Waals surface area (Å²) < 4.78 is 5.49. The van der Waals surface area contributed by atoms with Crippen molar-refractivity contribution < 1.29 is 29.0 Å². The number of aliphatic hydroxyl groups is 1. The zero-order chi connectivity index (χ0) is 23.3. The van der Waals surface area contributed by atoms with E-state index in [0.717, 1.165) is 6.42 Å². The number of Topliss-reactive ketones (excluding diaryl/α,β-unsaturated/α-hetero) is 1. The minimum atomic E-state index is -1.61. The molecule has 0 radical (unpaired) electrons. The highest BCUT2D eigenvalue weighted by molar-refractivity contribution is 5.89. The van der Waals surface area contributed by atoms with E-state index in [1.165, 1.54) is 4.90 Å². The lowest BCUT2D eigenvalue weighted by Crippen LogP contribution is -2.57. The van der Waals surface area contributed by atoms with Crippen LogP contribution in [-0.4, -0.2) is 64.0 Å². The maximum Gasteiger partial charge on any atom is 0.410 e. The third kappa shape index (κ3) is 4.71. The first-order valence-corrected chi connectivity index (χ1v) is 11.0. The molecule has 3 rings (SSSR count). The van der Waals surface area contributed by atoms with Crippen LogP contribution < -0.4 is 11.1 Å². The molecule has 6 atom stereocenters. The summed E-state index contributed by atoms with van der Waals surface area (Å²) in [6.07, 6.45) is -0.160. The van der Waals surface area contributed by atoms with Crippen LogP contribution in [0.3, 0.4) is 0 Å². The van der Waals surface area contributed by atoms with Gasteiger partial charge in [-0.05, 0) is 57.3 Å². The summed E-state index contributed by atoms with van der Waals surface area (Å²) in [4.78, 5) is 51.3. The number of primary amides is 1. The fourth-order valence-electron chi connectivity index (χ4n) is 5.27. The molecule has 0 aromatic rings. The Balaban J connectivity index is 1.78. The lowest BCUT2D eigenvalue weighted by molar-refractivity contribution is -0.133. The first-order chi connectivity index (χ1) is 14.2. The van der Waals surface area contributed by atoms with Gasteiger partial charge in [-0.1, -0.05) is 13.8 Å². The lowest BCUT2D eigenvalue weighted by Gasteiger charge is -2.33.